The first-order valence-electron chi connectivity index (χ1n) is 4.24. The van der Waals surface area contributed by atoms with Crippen molar-refractivity contribution in [3.63, 3.8) is 0 Å². The number of amides is 1. The largest absolute Gasteiger partial charge is 0.356 e. The van der Waals surface area contributed by atoms with E-state index in [0.29, 0.717) is 18.9 Å². The van der Waals surface area contributed by atoms with Crippen molar-refractivity contribution in [3.05, 3.63) is 0 Å². The van der Waals surface area contributed by atoms with Gasteiger partial charge in [0.1, 0.15) is 6.73 Å². The number of rotatable bonds is 1. The zero-order chi connectivity index (χ0) is 7.84. The van der Waals surface area contributed by atoms with Gasteiger partial charge in [-0.25, -0.2) is 0 Å². The molecule has 0 radical (unpaired) electrons. The number of ether oxygens (including phenoxy) is 1. The summed E-state index contributed by atoms with van der Waals surface area (Å²) in [5.74, 6) is 0.269. The molecule has 3 heteroatoms. The quantitative estimate of drug-likeness (QED) is 0.559. The van der Waals surface area contributed by atoms with Gasteiger partial charge in [-0.3, -0.25) is 4.79 Å². The molecule has 0 bridgehead atoms. The van der Waals surface area contributed by atoms with Crippen LogP contribution in [0.5, 0.6) is 0 Å². The van der Waals surface area contributed by atoms with Crippen LogP contribution in [0.4, 0.5) is 0 Å². The number of carbonyl (C=O) groups excluding carboxylic acids is 1. The SMILES string of the molecule is CCC1OCN2C(=O)CCC12. The van der Waals surface area contributed by atoms with Crippen molar-refractivity contribution in [2.24, 2.45) is 0 Å². The molecule has 0 aromatic rings. The first-order valence-corrected chi connectivity index (χ1v) is 4.24. The van der Waals surface area contributed by atoms with Crippen molar-refractivity contribution in [2.45, 2.75) is 38.3 Å². The average Bonchev–Trinajstić information content (AvgIpc) is 2.53. The summed E-state index contributed by atoms with van der Waals surface area (Å²) in [4.78, 5) is 13.0. The Morgan fingerprint density at radius 1 is 1.73 bits per heavy atom. The Bertz CT molecular complexity index is 181. The summed E-state index contributed by atoms with van der Waals surface area (Å²) >= 11 is 0. The molecule has 2 fully saturated rings. The van der Waals surface area contributed by atoms with Crippen LogP contribution in [0.2, 0.25) is 0 Å². The van der Waals surface area contributed by atoms with Gasteiger partial charge in [-0.05, 0) is 12.8 Å². The second kappa shape index (κ2) is 2.48. The first kappa shape index (κ1) is 7.10. The van der Waals surface area contributed by atoms with E-state index in [2.05, 4.69) is 6.92 Å². The lowest BCUT2D eigenvalue weighted by molar-refractivity contribution is -0.129. The Labute approximate surface area is 66.3 Å². The van der Waals surface area contributed by atoms with E-state index in [1.165, 1.54) is 0 Å². The number of carbonyl (C=O) groups is 1. The minimum absolute atomic E-state index is 0.269. The smallest absolute Gasteiger partial charge is 0.224 e. The molecule has 2 aliphatic heterocycles. The summed E-state index contributed by atoms with van der Waals surface area (Å²) in [6.07, 6.45) is 3.05. The highest BCUT2D eigenvalue weighted by molar-refractivity contribution is 5.79. The van der Waals surface area contributed by atoms with Gasteiger partial charge in [0.25, 0.3) is 0 Å². The number of fused-ring (bicyclic) bond motifs is 1. The molecule has 2 rings (SSSR count). The average molecular weight is 155 g/mol. The van der Waals surface area contributed by atoms with Crippen molar-refractivity contribution in [2.75, 3.05) is 6.73 Å². The normalized spacial score (nSPS) is 36.5. The topological polar surface area (TPSA) is 29.5 Å². The lowest BCUT2D eigenvalue weighted by Gasteiger charge is -2.15. The van der Waals surface area contributed by atoms with Gasteiger partial charge in [0.05, 0.1) is 12.1 Å². The second-order valence-corrected chi connectivity index (χ2v) is 3.21. The van der Waals surface area contributed by atoms with Crippen LogP contribution in [0.15, 0.2) is 0 Å². The molecule has 0 aliphatic carbocycles. The summed E-state index contributed by atoms with van der Waals surface area (Å²) in [6.45, 7) is 2.64. The summed E-state index contributed by atoms with van der Waals surface area (Å²) < 4.78 is 5.44. The van der Waals surface area contributed by atoms with Gasteiger partial charge in [-0.2, -0.15) is 0 Å². The summed E-state index contributed by atoms with van der Waals surface area (Å²) in [5, 5.41) is 0. The number of hydrogen-bond donors (Lipinski definition) is 0. The van der Waals surface area contributed by atoms with Crippen LogP contribution in [0.3, 0.4) is 0 Å². The van der Waals surface area contributed by atoms with Gasteiger partial charge in [0, 0.05) is 6.42 Å². The van der Waals surface area contributed by atoms with E-state index in [9.17, 15) is 4.79 Å². The fraction of sp³-hybridized carbons (Fsp3) is 0.875. The Hall–Kier alpha value is -0.570. The molecule has 2 atom stereocenters. The van der Waals surface area contributed by atoms with Crippen LogP contribution in [0.1, 0.15) is 26.2 Å². The molecule has 11 heavy (non-hydrogen) atoms. The monoisotopic (exact) mass is 155 g/mol. The van der Waals surface area contributed by atoms with Crippen molar-refractivity contribution in [1.29, 1.82) is 0 Å². The van der Waals surface area contributed by atoms with Crippen molar-refractivity contribution >= 4 is 5.91 Å². The third-order valence-corrected chi connectivity index (χ3v) is 2.63. The van der Waals surface area contributed by atoms with Crippen LogP contribution in [0.25, 0.3) is 0 Å². The molecule has 3 nitrogen and oxygen atoms in total. The number of nitrogens with zero attached hydrogens (tertiary/aromatic N) is 1. The molecule has 62 valence electrons. The van der Waals surface area contributed by atoms with Gasteiger partial charge in [0.15, 0.2) is 0 Å². The van der Waals surface area contributed by atoms with Crippen LogP contribution >= 0.6 is 0 Å². The molecule has 0 aromatic carbocycles. The summed E-state index contributed by atoms with van der Waals surface area (Å²) in [6, 6.07) is 0.396. The molecule has 0 N–H and O–H groups in total. The van der Waals surface area contributed by atoms with Gasteiger partial charge < -0.3 is 9.64 Å². The van der Waals surface area contributed by atoms with E-state index >= 15 is 0 Å². The highest BCUT2D eigenvalue weighted by atomic mass is 16.5. The third-order valence-electron chi connectivity index (χ3n) is 2.63. The summed E-state index contributed by atoms with van der Waals surface area (Å²) in [7, 11) is 0. The van der Waals surface area contributed by atoms with E-state index < -0.39 is 0 Å². The van der Waals surface area contributed by atoms with Crippen LogP contribution in [-0.2, 0) is 9.53 Å². The third kappa shape index (κ3) is 0.948. The first-order chi connectivity index (χ1) is 5.33. The molecular weight excluding hydrogens is 142 g/mol. The Morgan fingerprint density at radius 2 is 2.55 bits per heavy atom. The Kier molecular flexibility index (Phi) is 1.60. The van der Waals surface area contributed by atoms with E-state index in [1.807, 2.05) is 4.90 Å². The van der Waals surface area contributed by atoms with E-state index in [-0.39, 0.29) is 5.91 Å². The molecule has 0 saturated carbocycles. The van der Waals surface area contributed by atoms with Gasteiger partial charge in [-0.1, -0.05) is 6.92 Å². The maximum absolute atomic E-state index is 11.2. The van der Waals surface area contributed by atoms with Gasteiger partial charge >= 0.3 is 0 Å². The summed E-state index contributed by atoms with van der Waals surface area (Å²) in [5.41, 5.74) is 0. The Balaban J connectivity index is 2.10. The van der Waals surface area contributed by atoms with E-state index in [1.54, 1.807) is 0 Å². The van der Waals surface area contributed by atoms with Crippen molar-refractivity contribution < 1.29 is 9.53 Å². The van der Waals surface area contributed by atoms with Crippen molar-refractivity contribution in [3.8, 4) is 0 Å². The maximum atomic E-state index is 11.2. The van der Waals surface area contributed by atoms with E-state index in [0.717, 1.165) is 19.3 Å². The molecule has 2 heterocycles. The molecular formula is C8H13NO2. The van der Waals surface area contributed by atoms with Crippen molar-refractivity contribution in [1.82, 2.24) is 4.90 Å². The molecule has 0 aromatic heterocycles. The molecule has 2 aliphatic rings. The molecule has 1 amide bonds. The van der Waals surface area contributed by atoms with Crippen LogP contribution in [0, 0.1) is 0 Å². The second-order valence-electron chi connectivity index (χ2n) is 3.21. The predicted octanol–water partition coefficient (Wildman–Crippen LogP) is 0.744. The zero-order valence-corrected chi connectivity index (χ0v) is 6.75. The van der Waals surface area contributed by atoms with Crippen LogP contribution in [-0.4, -0.2) is 29.7 Å². The van der Waals surface area contributed by atoms with Gasteiger partial charge in [0.2, 0.25) is 5.91 Å². The fourth-order valence-corrected chi connectivity index (χ4v) is 1.99. The minimum atomic E-state index is 0.269. The lowest BCUT2D eigenvalue weighted by Crippen LogP contribution is -2.31. The zero-order valence-electron chi connectivity index (χ0n) is 6.75. The predicted molar refractivity (Wildman–Crippen MR) is 39.9 cm³/mol. The van der Waals surface area contributed by atoms with E-state index in [4.69, 9.17) is 4.74 Å². The number of hydrogen-bond acceptors (Lipinski definition) is 2. The highest BCUT2D eigenvalue weighted by Gasteiger charge is 2.41. The highest BCUT2D eigenvalue weighted by Crippen LogP contribution is 2.29. The fourth-order valence-electron chi connectivity index (χ4n) is 1.99. The Morgan fingerprint density at radius 3 is 3.27 bits per heavy atom. The molecule has 0 spiro atoms. The van der Waals surface area contributed by atoms with Crippen LogP contribution < -0.4 is 0 Å². The maximum Gasteiger partial charge on any atom is 0.224 e. The van der Waals surface area contributed by atoms with Gasteiger partial charge in [-0.15, -0.1) is 0 Å². The minimum Gasteiger partial charge on any atom is -0.356 e. The lowest BCUT2D eigenvalue weighted by atomic mass is 10.1. The molecule has 2 saturated heterocycles. The standard InChI is InChI=1S/C8H13NO2/c1-2-7-6-3-4-8(10)9(6)5-11-7/h6-7H,2-5H2,1H3. The molecule has 2 unspecified atom stereocenters.